The molecule has 0 spiro atoms. The Balaban J connectivity index is 0.00000161. The van der Waals surface area contributed by atoms with Crippen LogP contribution in [-0.4, -0.2) is 57.9 Å². The summed E-state index contributed by atoms with van der Waals surface area (Å²) < 4.78 is 50.0. The number of halogens is 1. The number of rotatable bonds is 3. The quantitative estimate of drug-likeness (QED) is 0.322. The molecule has 2 aliphatic heterocycles. The van der Waals surface area contributed by atoms with Crippen molar-refractivity contribution in [2.24, 2.45) is 0 Å². The van der Waals surface area contributed by atoms with Crippen molar-refractivity contribution in [3.8, 4) is 0 Å². The topological polar surface area (TPSA) is 108 Å². The van der Waals surface area contributed by atoms with Gasteiger partial charge in [-0.05, 0) is 6.08 Å². The van der Waals surface area contributed by atoms with Crippen LogP contribution in [-0.2, 0) is 14.7 Å². The molecule has 2 amide bonds. The Morgan fingerprint density at radius 3 is 2.76 bits per heavy atom. The minimum Gasteiger partial charge on any atom is -0.724 e. The minimum atomic E-state index is -5.04. The number of hydrogen-bond donors (Lipinski definition) is 0. The average molecular weight is 326 g/mol. The molecule has 0 aromatic carbocycles. The van der Waals surface area contributed by atoms with Crippen LogP contribution >= 0.6 is 0 Å². The van der Waals surface area contributed by atoms with E-state index in [0.717, 1.165) is 6.07 Å². The molecule has 2 aliphatic rings. The van der Waals surface area contributed by atoms with E-state index < -0.39 is 28.4 Å². The van der Waals surface area contributed by atoms with Crippen molar-refractivity contribution >= 4 is 22.1 Å². The number of hydrogen-bond acceptors (Lipinski definition) is 6. The second kappa shape index (κ2) is 5.66. The molecule has 1 atom stereocenters. The summed E-state index contributed by atoms with van der Waals surface area (Å²) in [5.74, 6) is -0.680. The predicted molar refractivity (Wildman–Crippen MR) is 59.8 cm³/mol. The van der Waals surface area contributed by atoms with Gasteiger partial charge < -0.3 is 9.45 Å². The Labute approximate surface area is 141 Å². The number of hydroxylamine groups is 2. The van der Waals surface area contributed by atoms with Gasteiger partial charge in [-0.2, -0.15) is 13.7 Å². The first-order chi connectivity index (χ1) is 9.33. The number of fused-ring (bicyclic) bond motifs is 2. The first kappa shape index (κ1) is 16.4. The van der Waals surface area contributed by atoms with Crippen LogP contribution < -0.4 is 29.6 Å². The van der Waals surface area contributed by atoms with Gasteiger partial charge in [0.2, 0.25) is 16.3 Å². The fourth-order valence-corrected chi connectivity index (χ4v) is 2.55. The van der Waals surface area contributed by atoms with Crippen LogP contribution in [0.4, 0.5) is 9.18 Å². The van der Waals surface area contributed by atoms with Gasteiger partial charge in [-0.3, -0.25) is 0 Å². The molecule has 12 heteroatoms. The molecule has 9 nitrogen and oxygen atoms in total. The standard InChI is InChI=1S/C9H9FN4O5S.Na/c10-8-1-2-13(11-8)6-3-7-5-12(4-6)9(15)14(7)19-20(16,17)18;/h1-3,7H,4-5H2,(H,16,17,18);/q;+1/p-1. The van der Waals surface area contributed by atoms with E-state index >= 15 is 0 Å². The SMILES string of the molecule is O=C1N2CC(n3ccc(F)n3)=CC(C2)N1OS(=O)(=O)[O-].[Na+]. The van der Waals surface area contributed by atoms with E-state index in [9.17, 15) is 22.2 Å². The van der Waals surface area contributed by atoms with Gasteiger partial charge in [0.25, 0.3) is 0 Å². The maximum absolute atomic E-state index is 12.9. The number of amides is 2. The van der Waals surface area contributed by atoms with Gasteiger partial charge >= 0.3 is 35.6 Å². The van der Waals surface area contributed by atoms with E-state index in [0.29, 0.717) is 10.8 Å². The van der Waals surface area contributed by atoms with E-state index in [1.807, 2.05) is 0 Å². The molecule has 21 heavy (non-hydrogen) atoms. The van der Waals surface area contributed by atoms with Crippen molar-refractivity contribution in [3.63, 3.8) is 0 Å². The zero-order valence-corrected chi connectivity index (χ0v) is 13.7. The summed E-state index contributed by atoms with van der Waals surface area (Å²) in [5, 5.41) is 4.06. The first-order valence-corrected chi connectivity index (χ1v) is 6.82. The Bertz CT molecular complexity index is 705. The van der Waals surface area contributed by atoms with Gasteiger partial charge in [0.15, 0.2) is 0 Å². The van der Waals surface area contributed by atoms with Gasteiger partial charge in [0.05, 0.1) is 12.2 Å². The van der Waals surface area contributed by atoms with Crippen LogP contribution in [0.1, 0.15) is 0 Å². The van der Waals surface area contributed by atoms with Gasteiger partial charge in [-0.1, -0.05) is 0 Å². The zero-order chi connectivity index (χ0) is 14.5. The van der Waals surface area contributed by atoms with Crippen LogP contribution in [0.2, 0.25) is 0 Å². The smallest absolute Gasteiger partial charge is 0.724 e. The summed E-state index contributed by atoms with van der Waals surface area (Å²) in [6, 6.07) is -0.347. The molecule has 0 saturated carbocycles. The molecule has 1 fully saturated rings. The van der Waals surface area contributed by atoms with E-state index in [4.69, 9.17) is 0 Å². The summed E-state index contributed by atoms with van der Waals surface area (Å²) in [6.45, 7) is 0.289. The third kappa shape index (κ3) is 3.27. The fraction of sp³-hybridized carbons (Fsp3) is 0.333. The molecular weight excluding hydrogens is 318 g/mol. The maximum Gasteiger partial charge on any atom is 1.00 e. The number of urea groups is 1. The summed E-state index contributed by atoms with van der Waals surface area (Å²) in [5.41, 5.74) is 0.480. The van der Waals surface area contributed by atoms with Crippen molar-refractivity contribution in [3.05, 3.63) is 24.3 Å². The maximum atomic E-state index is 12.9. The van der Waals surface area contributed by atoms with E-state index in [1.165, 1.54) is 21.9 Å². The number of carbonyl (C=O) groups is 1. The summed E-state index contributed by atoms with van der Waals surface area (Å²) in [4.78, 5) is 13.1. The second-order valence-electron chi connectivity index (χ2n) is 4.28. The minimum absolute atomic E-state index is 0. The molecule has 0 aliphatic carbocycles. The Hall–Kier alpha value is -0.980. The Morgan fingerprint density at radius 1 is 1.48 bits per heavy atom. The molecule has 1 unspecified atom stereocenters. The van der Waals surface area contributed by atoms with Crippen molar-refractivity contribution in [1.82, 2.24) is 19.7 Å². The van der Waals surface area contributed by atoms with E-state index in [-0.39, 0.29) is 42.6 Å². The fourth-order valence-electron chi connectivity index (χ4n) is 2.18. The molecule has 1 aromatic rings. The molecule has 3 heterocycles. The molecule has 0 N–H and O–H groups in total. The van der Waals surface area contributed by atoms with Gasteiger partial charge in [-0.15, -0.1) is 5.10 Å². The van der Waals surface area contributed by atoms with Crippen LogP contribution in [0, 0.1) is 5.95 Å². The third-order valence-corrected chi connectivity index (χ3v) is 3.27. The third-order valence-electron chi connectivity index (χ3n) is 2.93. The van der Waals surface area contributed by atoms with Gasteiger partial charge in [-0.25, -0.2) is 17.9 Å². The summed E-state index contributed by atoms with van der Waals surface area (Å²) >= 11 is 0. The van der Waals surface area contributed by atoms with E-state index in [1.54, 1.807) is 0 Å². The number of carbonyl (C=O) groups excluding carboxylic acids is 1. The van der Waals surface area contributed by atoms with Crippen molar-refractivity contribution in [2.75, 3.05) is 13.1 Å². The van der Waals surface area contributed by atoms with Crippen molar-refractivity contribution in [1.29, 1.82) is 0 Å². The van der Waals surface area contributed by atoms with Crippen LogP contribution in [0.3, 0.4) is 0 Å². The molecular formula is C9H8FN4NaO5S. The van der Waals surface area contributed by atoms with Crippen LogP contribution in [0.15, 0.2) is 18.3 Å². The molecule has 2 bridgehead atoms. The van der Waals surface area contributed by atoms with Crippen LogP contribution in [0.5, 0.6) is 0 Å². The van der Waals surface area contributed by atoms with Gasteiger partial charge in [0.1, 0.15) is 6.04 Å². The summed E-state index contributed by atoms with van der Waals surface area (Å²) in [6.07, 6.45) is 2.87. The zero-order valence-electron chi connectivity index (χ0n) is 10.8. The normalized spacial score (nSPS) is 21.3. The monoisotopic (exact) mass is 326 g/mol. The van der Waals surface area contributed by atoms with Crippen molar-refractivity contribution < 1.29 is 56.0 Å². The van der Waals surface area contributed by atoms with Crippen molar-refractivity contribution in [2.45, 2.75) is 6.04 Å². The van der Waals surface area contributed by atoms with E-state index in [2.05, 4.69) is 9.38 Å². The average Bonchev–Trinajstić information content (AvgIpc) is 2.87. The Morgan fingerprint density at radius 2 is 2.19 bits per heavy atom. The van der Waals surface area contributed by atoms with Gasteiger partial charge in [0, 0.05) is 18.8 Å². The molecule has 3 rings (SSSR count). The molecule has 0 radical (unpaired) electrons. The predicted octanol–water partition coefficient (Wildman–Crippen LogP) is -3.62. The second-order valence-corrected chi connectivity index (χ2v) is 5.25. The largest absolute Gasteiger partial charge is 1.00 e. The van der Waals surface area contributed by atoms with Crippen LogP contribution in [0.25, 0.3) is 5.70 Å². The molecule has 1 aromatic heterocycles. The number of nitrogens with zero attached hydrogens (tertiary/aromatic N) is 4. The first-order valence-electron chi connectivity index (χ1n) is 5.49. The summed E-state index contributed by atoms with van der Waals surface area (Å²) in [7, 11) is -5.04. The molecule has 1 saturated heterocycles. The molecule has 108 valence electrons. The Kier molecular flexibility index (Phi) is 4.42. The number of aromatic nitrogens is 2.